The second-order valence-corrected chi connectivity index (χ2v) is 6.95. The first kappa shape index (κ1) is 18.8. The van der Waals surface area contributed by atoms with Gasteiger partial charge in [0.2, 0.25) is 0 Å². The number of hydrogen-bond acceptors (Lipinski definition) is 0. The summed E-state index contributed by atoms with van der Waals surface area (Å²) in [5.74, 6) is 2.03. The monoisotopic (exact) mass is 327 g/mol. The highest BCUT2D eigenvalue weighted by molar-refractivity contribution is 5.22. The van der Waals surface area contributed by atoms with E-state index in [1.807, 2.05) is 0 Å². The Morgan fingerprint density at radius 3 is 2.17 bits per heavy atom. The van der Waals surface area contributed by atoms with Crippen LogP contribution >= 0.6 is 0 Å². The lowest BCUT2D eigenvalue weighted by Crippen LogP contribution is -2.34. The molecule has 1 N–H and O–H groups in total. The van der Waals surface area contributed by atoms with Gasteiger partial charge in [-0.3, -0.25) is 0 Å². The van der Waals surface area contributed by atoms with Gasteiger partial charge in [0.15, 0.2) is 0 Å². The maximum absolute atomic E-state index is 3.55. The smallest absolute Gasteiger partial charge is 0.247 e. The highest BCUT2D eigenvalue weighted by Gasteiger charge is 2.23. The average molecular weight is 328 g/mol. The molecule has 0 aliphatic carbocycles. The molecule has 0 fully saturated rings. The number of aromatic nitrogens is 2. The molecule has 0 saturated heterocycles. The lowest BCUT2D eigenvalue weighted by molar-refractivity contribution is -0.604. The van der Waals surface area contributed by atoms with Crippen molar-refractivity contribution in [3.8, 4) is 5.69 Å². The summed E-state index contributed by atoms with van der Waals surface area (Å²) in [5.41, 5.74) is 1.26. The Hall–Kier alpha value is -1.57. The van der Waals surface area contributed by atoms with Crippen molar-refractivity contribution in [2.75, 3.05) is 0 Å². The molecule has 1 atom stereocenters. The SMILES string of the molecule is CCCCCCC[C@H](CCCCC)c1[nH]cc[n+]1-c1ccccc1. The summed E-state index contributed by atoms with van der Waals surface area (Å²) >= 11 is 0. The molecule has 24 heavy (non-hydrogen) atoms. The van der Waals surface area contributed by atoms with Crippen molar-refractivity contribution in [1.29, 1.82) is 0 Å². The van der Waals surface area contributed by atoms with Crippen molar-refractivity contribution < 1.29 is 4.57 Å². The van der Waals surface area contributed by atoms with Crippen molar-refractivity contribution in [2.45, 2.75) is 84.0 Å². The largest absolute Gasteiger partial charge is 0.262 e. The molecule has 0 aliphatic rings. The maximum atomic E-state index is 3.55. The summed E-state index contributed by atoms with van der Waals surface area (Å²) in [6, 6.07) is 10.7. The second kappa shape index (κ2) is 11.1. The predicted octanol–water partition coefficient (Wildman–Crippen LogP) is 6.32. The van der Waals surface area contributed by atoms with Gasteiger partial charge in [-0.25, -0.2) is 4.98 Å². The zero-order chi connectivity index (χ0) is 17.0. The van der Waals surface area contributed by atoms with E-state index in [2.05, 4.69) is 66.1 Å². The van der Waals surface area contributed by atoms with E-state index in [0.717, 1.165) is 0 Å². The van der Waals surface area contributed by atoms with E-state index in [-0.39, 0.29) is 0 Å². The van der Waals surface area contributed by atoms with Crippen LogP contribution in [0.25, 0.3) is 5.69 Å². The number of nitrogens with one attached hydrogen (secondary N) is 1. The molecule has 1 aromatic carbocycles. The third kappa shape index (κ3) is 5.81. The van der Waals surface area contributed by atoms with Crippen LogP contribution in [0.2, 0.25) is 0 Å². The Morgan fingerprint density at radius 2 is 1.46 bits per heavy atom. The Balaban J connectivity index is 2.04. The van der Waals surface area contributed by atoms with Gasteiger partial charge in [-0.2, -0.15) is 4.57 Å². The average Bonchev–Trinajstić information content (AvgIpc) is 3.10. The molecule has 2 nitrogen and oxygen atoms in total. The predicted molar refractivity (Wildman–Crippen MR) is 103 cm³/mol. The molecular formula is C22H35N2+. The summed E-state index contributed by atoms with van der Waals surface area (Å²) in [6.07, 6.45) is 17.7. The molecule has 1 heterocycles. The molecule has 0 radical (unpaired) electrons. The van der Waals surface area contributed by atoms with Gasteiger partial charge in [-0.1, -0.05) is 83.4 Å². The molecule has 0 amide bonds. The topological polar surface area (TPSA) is 19.7 Å². The van der Waals surface area contributed by atoms with E-state index in [4.69, 9.17) is 0 Å². The molecule has 2 aromatic rings. The summed E-state index contributed by atoms with van der Waals surface area (Å²) in [6.45, 7) is 4.58. The number of imidazole rings is 1. The Bertz CT molecular complexity index is 544. The lowest BCUT2D eigenvalue weighted by Gasteiger charge is -2.14. The van der Waals surface area contributed by atoms with Crippen molar-refractivity contribution in [3.63, 3.8) is 0 Å². The third-order valence-corrected chi connectivity index (χ3v) is 4.95. The molecule has 132 valence electrons. The molecule has 0 aliphatic heterocycles. The molecule has 2 heteroatoms. The van der Waals surface area contributed by atoms with Gasteiger partial charge in [-0.05, 0) is 25.0 Å². The fourth-order valence-corrected chi connectivity index (χ4v) is 3.53. The van der Waals surface area contributed by atoms with Crippen molar-refractivity contribution in [3.05, 3.63) is 48.5 Å². The van der Waals surface area contributed by atoms with E-state index >= 15 is 0 Å². The fourth-order valence-electron chi connectivity index (χ4n) is 3.53. The number of para-hydroxylation sites is 1. The van der Waals surface area contributed by atoms with Crippen LogP contribution in [-0.2, 0) is 0 Å². The minimum absolute atomic E-state index is 0.647. The number of unbranched alkanes of at least 4 members (excludes halogenated alkanes) is 6. The van der Waals surface area contributed by atoms with Gasteiger partial charge in [0, 0.05) is 0 Å². The second-order valence-electron chi connectivity index (χ2n) is 6.95. The van der Waals surface area contributed by atoms with Crippen LogP contribution < -0.4 is 4.57 Å². The highest BCUT2D eigenvalue weighted by Crippen LogP contribution is 2.26. The quantitative estimate of drug-likeness (QED) is 0.348. The van der Waals surface area contributed by atoms with Crippen LogP contribution in [0.15, 0.2) is 42.7 Å². The van der Waals surface area contributed by atoms with E-state index in [0.29, 0.717) is 5.92 Å². The van der Waals surface area contributed by atoms with Gasteiger partial charge >= 0.3 is 0 Å². The van der Waals surface area contributed by atoms with Crippen molar-refractivity contribution >= 4 is 0 Å². The van der Waals surface area contributed by atoms with E-state index in [1.54, 1.807) is 0 Å². The minimum Gasteiger partial charge on any atom is -0.247 e. The number of H-pyrrole nitrogens is 1. The van der Waals surface area contributed by atoms with Crippen LogP contribution in [0.5, 0.6) is 0 Å². The molecule has 2 rings (SSSR count). The van der Waals surface area contributed by atoms with Gasteiger partial charge in [-0.15, -0.1) is 0 Å². The van der Waals surface area contributed by atoms with Crippen molar-refractivity contribution in [1.82, 2.24) is 4.98 Å². The van der Waals surface area contributed by atoms with Crippen LogP contribution in [0, 0.1) is 0 Å². The molecule has 0 bridgehead atoms. The minimum atomic E-state index is 0.647. The van der Waals surface area contributed by atoms with Gasteiger partial charge < -0.3 is 0 Å². The van der Waals surface area contributed by atoms with E-state index < -0.39 is 0 Å². The Kier molecular flexibility index (Phi) is 8.65. The van der Waals surface area contributed by atoms with Crippen molar-refractivity contribution in [2.24, 2.45) is 0 Å². The maximum Gasteiger partial charge on any atom is 0.262 e. The first-order valence-electron chi connectivity index (χ1n) is 10.0. The normalized spacial score (nSPS) is 12.4. The number of rotatable bonds is 12. The van der Waals surface area contributed by atoms with Crippen LogP contribution in [0.3, 0.4) is 0 Å². The Labute approximate surface area is 148 Å². The summed E-state index contributed by atoms with van der Waals surface area (Å²) in [4.78, 5) is 3.55. The first-order valence-corrected chi connectivity index (χ1v) is 10.0. The molecular weight excluding hydrogens is 292 g/mol. The van der Waals surface area contributed by atoms with Crippen LogP contribution in [0.4, 0.5) is 0 Å². The molecule has 0 saturated carbocycles. The van der Waals surface area contributed by atoms with E-state index in [1.165, 1.54) is 75.7 Å². The van der Waals surface area contributed by atoms with Crippen LogP contribution in [0.1, 0.15) is 89.8 Å². The molecule has 0 spiro atoms. The van der Waals surface area contributed by atoms with Crippen LogP contribution in [-0.4, -0.2) is 4.98 Å². The summed E-state index contributed by atoms with van der Waals surface area (Å²) in [7, 11) is 0. The third-order valence-electron chi connectivity index (χ3n) is 4.95. The Morgan fingerprint density at radius 1 is 0.833 bits per heavy atom. The van der Waals surface area contributed by atoms with Gasteiger partial charge in [0.05, 0.1) is 5.92 Å². The summed E-state index contributed by atoms with van der Waals surface area (Å²) in [5, 5.41) is 0. The number of benzene rings is 1. The summed E-state index contributed by atoms with van der Waals surface area (Å²) < 4.78 is 2.35. The zero-order valence-electron chi connectivity index (χ0n) is 15.6. The van der Waals surface area contributed by atoms with Gasteiger partial charge in [0.1, 0.15) is 18.1 Å². The molecule has 1 aromatic heterocycles. The van der Waals surface area contributed by atoms with E-state index in [9.17, 15) is 0 Å². The number of nitrogens with zero attached hydrogens (tertiary/aromatic N) is 1. The zero-order valence-corrected chi connectivity index (χ0v) is 15.6. The lowest BCUT2D eigenvalue weighted by atomic mass is 9.93. The number of hydrogen-bond donors (Lipinski definition) is 1. The fraction of sp³-hybridized carbons (Fsp3) is 0.591. The first-order chi connectivity index (χ1) is 11.9. The number of aromatic amines is 1. The standard InChI is InChI=1S/C22H34N2/c1-3-5-7-8-11-15-20(14-10-6-4-2)22-23-18-19-24(22)21-16-12-9-13-17-21/h9,12-13,16-20H,3-8,10-11,14-15H2,1-2H3/p+1/t20-/m0/s1. The molecule has 0 unspecified atom stereocenters. The highest BCUT2D eigenvalue weighted by atomic mass is 15.1. The van der Waals surface area contributed by atoms with Gasteiger partial charge in [0.25, 0.3) is 5.82 Å².